The first-order valence-corrected chi connectivity index (χ1v) is 4.84. The van der Waals surface area contributed by atoms with Crippen molar-refractivity contribution in [3.63, 3.8) is 0 Å². The molecule has 0 unspecified atom stereocenters. The van der Waals surface area contributed by atoms with Crippen LogP contribution in [0.4, 0.5) is 5.82 Å². The van der Waals surface area contributed by atoms with Gasteiger partial charge in [-0.15, -0.1) is 0 Å². The molecule has 1 aromatic heterocycles. The molecule has 0 aliphatic rings. The Bertz CT molecular complexity index is 375. The summed E-state index contributed by atoms with van der Waals surface area (Å²) in [6.45, 7) is 0.489. The summed E-state index contributed by atoms with van der Waals surface area (Å²) >= 11 is 0. The van der Waals surface area contributed by atoms with Crippen LogP contribution in [0.5, 0.6) is 0 Å². The highest BCUT2D eigenvalue weighted by atomic mass is 16.1. The summed E-state index contributed by atoms with van der Waals surface area (Å²) in [5.74, 6) is 0.0552. The van der Waals surface area contributed by atoms with Crippen molar-refractivity contribution in [3.8, 4) is 0 Å². The molecule has 0 atom stereocenters. The molecular formula is C10H14N4O2. The summed E-state index contributed by atoms with van der Waals surface area (Å²) in [6.07, 6.45) is 1.76. The molecule has 0 radical (unpaired) electrons. The lowest BCUT2D eigenvalue weighted by Crippen LogP contribution is -2.21. The van der Waals surface area contributed by atoms with E-state index in [4.69, 9.17) is 5.73 Å². The first-order chi connectivity index (χ1) is 7.63. The topological polar surface area (TPSA) is 97.1 Å². The van der Waals surface area contributed by atoms with Crippen LogP contribution in [0.3, 0.4) is 0 Å². The van der Waals surface area contributed by atoms with Crippen molar-refractivity contribution in [2.75, 3.05) is 18.9 Å². The smallest absolute Gasteiger partial charge is 0.250 e. The monoisotopic (exact) mass is 222 g/mol. The summed E-state index contributed by atoms with van der Waals surface area (Å²) in [4.78, 5) is 25.7. The molecule has 0 aliphatic heterocycles. The molecule has 0 aliphatic carbocycles. The fraction of sp³-hybridized carbons (Fsp3) is 0.300. The van der Waals surface area contributed by atoms with Crippen LogP contribution in [0.15, 0.2) is 18.3 Å². The third-order valence-corrected chi connectivity index (χ3v) is 1.99. The van der Waals surface area contributed by atoms with Crippen molar-refractivity contribution >= 4 is 17.6 Å². The lowest BCUT2D eigenvalue weighted by molar-refractivity contribution is -0.120. The number of amides is 2. The van der Waals surface area contributed by atoms with Gasteiger partial charge in [-0.2, -0.15) is 0 Å². The van der Waals surface area contributed by atoms with Gasteiger partial charge in [-0.3, -0.25) is 9.59 Å². The van der Waals surface area contributed by atoms with E-state index in [2.05, 4.69) is 15.6 Å². The molecule has 0 spiro atoms. The number of aromatic nitrogens is 1. The SMILES string of the molecule is CNC(=O)CCNc1ccc(C(N)=O)cn1. The first-order valence-electron chi connectivity index (χ1n) is 4.84. The molecule has 1 heterocycles. The molecule has 4 N–H and O–H groups in total. The molecule has 0 bridgehead atoms. The van der Waals surface area contributed by atoms with Gasteiger partial charge in [0.15, 0.2) is 0 Å². The van der Waals surface area contributed by atoms with E-state index in [1.165, 1.54) is 6.20 Å². The van der Waals surface area contributed by atoms with Crippen LogP contribution in [0.2, 0.25) is 0 Å². The van der Waals surface area contributed by atoms with Crippen molar-refractivity contribution in [1.82, 2.24) is 10.3 Å². The van der Waals surface area contributed by atoms with E-state index in [1.807, 2.05) is 0 Å². The van der Waals surface area contributed by atoms with E-state index in [0.717, 1.165) is 0 Å². The van der Waals surface area contributed by atoms with E-state index >= 15 is 0 Å². The molecule has 1 rings (SSSR count). The highest BCUT2D eigenvalue weighted by Gasteiger charge is 2.01. The van der Waals surface area contributed by atoms with Gasteiger partial charge in [0, 0.05) is 26.2 Å². The molecular weight excluding hydrogens is 208 g/mol. The number of nitrogens with one attached hydrogen (secondary N) is 2. The second-order valence-corrected chi connectivity index (χ2v) is 3.15. The largest absolute Gasteiger partial charge is 0.370 e. The normalized spacial score (nSPS) is 9.56. The molecule has 86 valence electrons. The minimum Gasteiger partial charge on any atom is -0.370 e. The van der Waals surface area contributed by atoms with Crippen LogP contribution in [0.25, 0.3) is 0 Å². The highest BCUT2D eigenvalue weighted by molar-refractivity contribution is 5.92. The number of rotatable bonds is 5. The third-order valence-electron chi connectivity index (χ3n) is 1.99. The van der Waals surface area contributed by atoms with Crippen molar-refractivity contribution in [3.05, 3.63) is 23.9 Å². The van der Waals surface area contributed by atoms with Crippen molar-refractivity contribution in [1.29, 1.82) is 0 Å². The molecule has 0 saturated carbocycles. The molecule has 1 aromatic rings. The first kappa shape index (κ1) is 12.0. The molecule has 16 heavy (non-hydrogen) atoms. The Labute approximate surface area is 93.2 Å². The summed E-state index contributed by atoms with van der Waals surface area (Å²) in [7, 11) is 1.59. The number of pyridine rings is 1. The predicted molar refractivity (Wildman–Crippen MR) is 59.9 cm³/mol. The zero-order valence-corrected chi connectivity index (χ0v) is 8.99. The Morgan fingerprint density at radius 3 is 2.69 bits per heavy atom. The Morgan fingerprint density at radius 1 is 1.44 bits per heavy atom. The van der Waals surface area contributed by atoms with Gasteiger partial charge in [-0.05, 0) is 12.1 Å². The maximum absolute atomic E-state index is 10.9. The van der Waals surface area contributed by atoms with Crippen LogP contribution < -0.4 is 16.4 Å². The number of hydrogen-bond acceptors (Lipinski definition) is 4. The number of hydrogen-bond donors (Lipinski definition) is 3. The van der Waals surface area contributed by atoms with Gasteiger partial charge in [0.1, 0.15) is 5.82 Å². The van der Waals surface area contributed by atoms with Crippen molar-refractivity contribution in [2.24, 2.45) is 5.73 Å². The average molecular weight is 222 g/mol. The van der Waals surface area contributed by atoms with E-state index in [1.54, 1.807) is 19.2 Å². The average Bonchev–Trinajstić information content (AvgIpc) is 2.29. The standard InChI is InChI=1S/C10H14N4O2/c1-12-9(15)4-5-13-8-3-2-7(6-14-8)10(11)16/h2-3,6H,4-5H2,1H3,(H2,11,16)(H,12,15)(H,13,14). The summed E-state index contributed by atoms with van der Waals surface area (Å²) in [6, 6.07) is 3.22. The summed E-state index contributed by atoms with van der Waals surface area (Å²) < 4.78 is 0. The molecule has 6 heteroatoms. The lowest BCUT2D eigenvalue weighted by atomic mass is 10.3. The quantitative estimate of drug-likeness (QED) is 0.638. The van der Waals surface area contributed by atoms with Crippen LogP contribution >= 0.6 is 0 Å². The number of nitrogens with two attached hydrogens (primary N) is 1. The Balaban J connectivity index is 2.43. The highest BCUT2D eigenvalue weighted by Crippen LogP contribution is 2.04. The van der Waals surface area contributed by atoms with E-state index in [9.17, 15) is 9.59 Å². The number of primary amides is 1. The maximum Gasteiger partial charge on any atom is 0.250 e. The van der Waals surface area contributed by atoms with Crippen LogP contribution in [0.1, 0.15) is 16.8 Å². The van der Waals surface area contributed by atoms with Crippen molar-refractivity contribution in [2.45, 2.75) is 6.42 Å². The molecule has 6 nitrogen and oxygen atoms in total. The molecule has 0 fully saturated rings. The van der Waals surface area contributed by atoms with E-state index in [0.29, 0.717) is 24.3 Å². The number of anilines is 1. The summed E-state index contributed by atoms with van der Waals surface area (Å²) in [5.41, 5.74) is 5.43. The number of nitrogens with zero attached hydrogens (tertiary/aromatic N) is 1. The Kier molecular flexibility index (Phi) is 4.26. The fourth-order valence-corrected chi connectivity index (χ4v) is 1.07. The van der Waals surface area contributed by atoms with Crippen LogP contribution in [-0.4, -0.2) is 30.4 Å². The zero-order chi connectivity index (χ0) is 12.0. The van der Waals surface area contributed by atoms with Gasteiger partial charge < -0.3 is 16.4 Å². The van der Waals surface area contributed by atoms with Gasteiger partial charge >= 0.3 is 0 Å². The van der Waals surface area contributed by atoms with Gasteiger partial charge in [0.05, 0.1) is 5.56 Å². The minimum atomic E-state index is -0.510. The Hall–Kier alpha value is -2.11. The molecule has 0 aromatic carbocycles. The van der Waals surface area contributed by atoms with Gasteiger partial charge in [-0.1, -0.05) is 0 Å². The number of carbonyl (C=O) groups excluding carboxylic acids is 2. The van der Waals surface area contributed by atoms with Crippen LogP contribution in [-0.2, 0) is 4.79 Å². The second-order valence-electron chi connectivity index (χ2n) is 3.15. The minimum absolute atomic E-state index is 0.0405. The predicted octanol–water partition coefficient (Wildman–Crippen LogP) is -0.271. The third kappa shape index (κ3) is 3.56. The summed E-state index contributed by atoms with van der Waals surface area (Å²) in [5, 5.41) is 5.47. The fourth-order valence-electron chi connectivity index (χ4n) is 1.07. The molecule has 0 saturated heterocycles. The maximum atomic E-state index is 10.9. The lowest BCUT2D eigenvalue weighted by Gasteiger charge is -2.04. The van der Waals surface area contributed by atoms with Gasteiger partial charge in [-0.25, -0.2) is 4.98 Å². The zero-order valence-electron chi connectivity index (χ0n) is 8.99. The van der Waals surface area contributed by atoms with Crippen LogP contribution in [0, 0.1) is 0 Å². The number of carbonyl (C=O) groups is 2. The van der Waals surface area contributed by atoms with Gasteiger partial charge in [0.25, 0.3) is 0 Å². The van der Waals surface area contributed by atoms with E-state index in [-0.39, 0.29) is 5.91 Å². The van der Waals surface area contributed by atoms with Crippen molar-refractivity contribution < 1.29 is 9.59 Å². The van der Waals surface area contributed by atoms with Gasteiger partial charge in [0.2, 0.25) is 11.8 Å². The second kappa shape index (κ2) is 5.69. The Morgan fingerprint density at radius 2 is 2.19 bits per heavy atom. The molecule has 2 amide bonds. The van der Waals surface area contributed by atoms with E-state index < -0.39 is 5.91 Å².